The van der Waals surface area contributed by atoms with E-state index in [9.17, 15) is 4.79 Å². The predicted molar refractivity (Wildman–Crippen MR) is 72.1 cm³/mol. The minimum absolute atomic E-state index is 0.125. The third kappa shape index (κ3) is 1.55. The molecular weight excluding hydrogens is 266 g/mol. The lowest BCUT2D eigenvalue weighted by atomic mass is 10.2. The Morgan fingerprint density at radius 3 is 2.53 bits per heavy atom. The van der Waals surface area contributed by atoms with Gasteiger partial charge in [-0.2, -0.15) is 0 Å². The molecule has 15 heavy (non-hydrogen) atoms. The Morgan fingerprint density at radius 2 is 2.00 bits per heavy atom. The summed E-state index contributed by atoms with van der Waals surface area (Å²) in [5, 5.41) is 0. The van der Waals surface area contributed by atoms with Gasteiger partial charge in [0.15, 0.2) is 0 Å². The number of hydrogen-bond acceptors (Lipinski definition) is 5. The fraction of sp³-hybridized carbons (Fsp3) is 0.889. The van der Waals surface area contributed by atoms with Crippen molar-refractivity contribution < 1.29 is 4.79 Å². The molecule has 0 aliphatic carbocycles. The number of carbonyl (C=O) groups excluding carboxylic acids is 1. The summed E-state index contributed by atoms with van der Waals surface area (Å²) in [6, 6.07) is 0. The van der Waals surface area contributed by atoms with Crippen LogP contribution in [0, 0.1) is 0 Å². The minimum Gasteiger partial charge on any atom is -0.368 e. The molecule has 4 aliphatic rings. The normalized spacial score (nSPS) is 57.1. The standard InChI is InChI=1S/C9H13NOS4/c1-7-3-5-12-8(2,14-7)4-9(13-5,15-7)6(10)11/h5H,3-4H2,1-2H3,(H2,10,11)/t5-,7+,8-,9-/m0/s1. The van der Waals surface area contributed by atoms with Crippen LogP contribution in [0.4, 0.5) is 0 Å². The zero-order chi connectivity index (χ0) is 10.9. The van der Waals surface area contributed by atoms with Gasteiger partial charge in [-0.3, -0.25) is 4.79 Å². The van der Waals surface area contributed by atoms with E-state index in [0.29, 0.717) is 4.58 Å². The van der Waals surface area contributed by atoms with Crippen molar-refractivity contribution in [1.29, 1.82) is 0 Å². The van der Waals surface area contributed by atoms with Gasteiger partial charge in [-0.15, -0.1) is 47.0 Å². The van der Waals surface area contributed by atoms with Crippen LogP contribution in [0.3, 0.4) is 0 Å². The monoisotopic (exact) mass is 279 g/mol. The topological polar surface area (TPSA) is 43.1 Å². The van der Waals surface area contributed by atoms with Crippen LogP contribution in [0.25, 0.3) is 0 Å². The van der Waals surface area contributed by atoms with Crippen LogP contribution in [0.1, 0.15) is 26.7 Å². The maximum absolute atomic E-state index is 11.7. The van der Waals surface area contributed by atoms with Crippen molar-refractivity contribution in [2.45, 2.75) is 43.5 Å². The molecule has 6 heteroatoms. The number of rotatable bonds is 1. The van der Waals surface area contributed by atoms with Crippen molar-refractivity contribution in [2.75, 3.05) is 0 Å². The number of primary amides is 1. The maximum Gasteiger partial charge on any atom is 0.244 e. The highest BCUT2D eigenvalue weighted by atomic mass is 32.3. The second kappa shape index (κ2) is 3.00. The zero-order valence-electron chi connectivity index (χ0n) is 8.61. The molecule has 0 aromatic rings. The molecule has 4 saturated heterocycles. The molecule has 0 spiro atoms. The van der Waals surface area contributed by atoms with Gasteiger partial charge in [0.2, 0.25) is 5.91 Å². The van der Waals surface area contributed by atoms with E-state index in [2.05, 4.69) is 13.8 Å². The van der Waals surface area contributed by atoms with E-state index in [-0.39, 0.29) is 18.1 Å². The Kier molecular flexibility index (Phi) is 2.20. The fourth-order valence-electron chi connectivity index (χ4n) is 2.63. The summed E-state index contributed by atoms with van der Waals surface area (Å²) in [7, 11) is 0. The van der Waals surface area contributed by atoms with Crippen LogP contribution in [-0.2, 0) is 4.79 Å². The SMILES string of the molecule is C[C@@]12C[C@]3(C(N)=O)S[C@@H](C[C@](C)(S1)S3)S2. The first-order chi connectivity index (χ1) is 6.85. The molecule has 4 fully saturated rings. The van der Waals surface area contributed by atoms with E-state index in [1.807, 2.05) is 23.5 Å². The zero-order valence-corrected chi connectivity index (χ0v) is 11.9. The quantitative estimate of drug-likeness (QED) is 0.799. The Labute approximate surface area is 107 Å². The van der Waals surface area contributed by atoms with Gasteiger partial charge >= 0.3 is 0 Å². The first-order valence-electron chi connectivity index (χ1n) is 4.91. The van der Waals surface area contributed by atoms with Crippen LogP contribution < -0.4 is 5.73 Å². The summed E-state index contributed by atoms with van der Waals surface area (Å²) in [5.74, 6) is -0.125. The lowest BCUT2D eigenvalue weighted by Gasteiger charge is -2.61. The molecule has 0 saturated carbocycles. The van der Waals surface area contributed by atoms with Crippen molar-refractivity contribution in [3.8, 4) is 0 Å². The highest BCUT2D eigenvalue weighted by Crippen LogP contribution is 2.77. The van der Waals surface area contributed by atoms with Gasteiger partial charge in [-0.25, -0.2) is 0 Å². The predicted octanol–water partition coefficient (Wildman–Crippen LogP) is 2.68. The van der Waals surface area contributed by atoms with Gasteiger partial charge in [0.1, 0.15) is 4.08 Å². The molecule has 2 nitrogen and oxygen atoms in total. The van der Waals surface area contributed by atoms with E-state index < -0.39 is 0 Å². The van der Waals surface area contributed by atoms with Gasteiger partial charge in [0, 0.05) is 6.42 Å². The van der Waals surface area contributed by atoms with Gasteiger partial charge in [0.05, 0.1) is 12.7 Å². The molecule has 0 aromatic heterocycles. The Morgan fingerprint density at radius 1 is 1.27 bits per heavy atom. The number of thioether (sulfide) groups is 4. The molecule has 4 heterocycles. The molecular formula is C9H13NOS4. The highest BCUT2D eigenvalue weighted by molar-refractivity contribution is 8.38. The summed E-state index contributed by atoms with van der Waals surface area (Å²) in [6.07, 6.45) is 2.09. The van der Waals surface area contributed by atoms with Crippen molar-refractivity contribution in [3.63, 3.8) is 0 Å². The molecule has 4 rings (SSSR count). The Balaban J connectivity index is 2.05. The molecule has 0 aromatic carbocycles. The molecule has 4 aliphatic heterocycles. The van der Waals surface area contributed by atoms with Crippen molar-refractivity contribution in [1.82, 2.24) is 0 Å². The van der Waals surface area contributed by atoms with Gasteiger partial charge in [-0.1, -0.05) is 0 Å². The number of hydrogen-bond donors (Lipinski definition) is 1. The Hall–Kier alpha value is 0.870. The van der Waals surface area contributed by atoms with E-state index in [4.69, 9.17) is 5.73 Å². The minimum atomic E-state index is -0.344. The molecule has 4 bridgehead atoms. The van der Waals surface area contributed by atoms with Crippen LogP contribution in [0.5, 0.6) is 0 Å². The summed E-state index contributed by atoms with van der Waals surface area (Å²) < 4.78 is 0.610. The summed E-state index contributed by atoms with van der Waals surface area (Å²) in [4.78, 5) is 11.7. The van der Waals surface area contributed by atoms with Crippen LogP contribution in [0.15, 0.2) is 0 Å². The highest BCUT2D eigenvalue weighted by Gasteiger charge is 2.65. The van der Waals surface area contributed by atoms with Gasteiger partial charge in [0.25, 0.3) is 0 Å². The smallest absolute Gasteiger partial charge is 0.244 e. The average Bonchev–Trinajstić information content (AvgIpc) is 1.95. The molecule has 2 N–H and O–H groups in total. The molecule has 4 atom stereocenters. The first-order valence-corrected chi connectivity index (χ1v) is 8.30. The lowest BCUT2D eigenvalue weighted by Crippen LogP contribution is -2.58. The fourth-order valence-corrected chi connectivity index (χ4v) is 14.2. The number of carbonyl (C=O) groups is 1. The van der Waals surface area contributed by atoms with Gasteiger partial charge in [-0.05, 0) is 20.3 Å². The van der Waals surface area contributed by atoms with Crippen LogP contribution in [0.2, 0.25) is 0 Å². The van der Waals surface area contributed by atoms with E-state index in [1.54, 1.807) is 23.5 Å². The molecule has 84 valence electrons. The lowest BCUT2D eigenvalue weighted by molar-refractivity contribution is -0.118. The molecule has 0 radical (unpaired) electrons. The summed E-state index contributed by atoms with van der Waals surface area (Å²) in [5.41, 5.74) is 5.61. The molecule has 1 amide bonds. The second-order valence-corrected chi connectivity index (χ2v) is 12.7. The van der Waals surface area contributed by atoms with Gasteiger partial charge < -0.3 is 5.73 Å². The second-order valence-electron chi connectivity index (χ2n) is 4.64. The van der Waals surface area contributed by atoms with Crippen molar-refractivity contribution in [3.05, 3.63) is 0 Å². The third-order valence-corrected chi connectivity index (χ3v) is 9.81. The van der Waals surface area contributed by atoms with Crippen LogP contribution >= 0.6 is 47.0 Å². The van der Waals surface area contributed by atoms with E-state index in [1.165, 1.54) is 6.42 Å². The maximum atomic E-state index is 11.7. The van der Waals surface area contributed by atoms with Crippen molar-refractivity contribution in [2.24, 2.45) is 5.73 Å². The first kappa shape index (κ1) is 11.0. The number of amides is 1. The Bertz CT molecular complexity index is 329. The van der Waals surface area contributed by atoms with E-state index >= 15 is 0 Å². The average molecular weight is 279 g/mol. The van der Waals surface area contributed by atoms with Crippen molar-refractivity contribution >= 4 is 53.0 Å². The molecule has 0 unspecified atom stereocenters. The largest absolute Gasteiger partial charge is 0.368 e. The van der Waals surface area contributed by atoms with Crippen LogP contribution in [-0.4, -0.2) is 22.7 Å². The third-order valence-electron chi connectivity index (χ3n) is 2.98. The number of nitrogens with two attached hydrogens (primary N) is 1. The summed E-state index contributed by atoms with van der Waals surface area (Å²) in [6.45, 7) is 4.54. The summed E-state index contributed by atoms with van der Waals surface area (Å²) >= 11 is 7.66. The van der Waals surface area contributed by atoms with E-state index in [0.717, 1.165) is 6.42 Å².